The van der Waals surface area contributed by atoms with Gasteiger partial charge in [0.25, 0.3) is 9.05 Å². The SMILES string of the molecule is N#Cc1c(CCl)ccc(S(=O)(=O)Cl)c1[N+](=O)[O-]. The molecule has 0 unspecified atom stereocenters. The summed E-state index contributed by atoms with van der Waals surface area (Å²) in [6.45, 7) is 0. The highest BCUT2D eigenvalue weighted by molar-refractivity contribution is 8.13. The number of rotatable bonds is 3. The predicted molar refractivity (Wildman–Crippen MR) is 60.4 cm³/mol. The number of hydrogen-bond donors (Lipinski definition) is 0. The van der Waals surface area contributed by atoms with Gasteiger partial charge in [-0.3, -0.25) is 10.1 Å². The molecule has 17 heavy (non-hydrogen) atoms. The van der Waals surface area contributed by atoms with Crippen LogP contribution in [0.15, 0.2) is 17.0 Å². The molecule has 0 saturated carbocycles. The molecule has 0 atom stereocenters. The number of benzene rings is 1. The van der Waals surface area contributed by atoms with Gasteiger partial charge in [-0.15, -0.1) is 11.6 Å². The van der Waals surface area contributed by atoms with Crippen LogP contribution in [0.1, 0.15) is 11.1 Å². The minimum atomic E-state index is -4.30. The van der Waals surface area contributed by atoms with Gasteiger partial charge >= 0.3 is 5.69 Å². The molecule has 0 aliphatic rings. The molecule has 0 spiro atoms. The first-order chi connectivity index (χ1) is 7.82. The number of nitrogens with zero attached hydrogens (tertiary/aromatic N) is 2. The van der Waals surface area contributed by atoms with Gasteiger partial charge in [0.05, 0.1) is 4.92 Å². The molecular weight excluding hydrogens is 291 g/mol. The monoisotopic (exact) mass is 294 g/mol. The summed E-state index contributed by atoms with van der Waals surface area (Å²) in [6.07, 6.45) is 0. The van der Waals surface area contributed by atoms with Gasteiger partial charge in [0.1, 0.15) is 11.6 Å². The molecular formula is C8H4Cl2N2O4S. The summed E-state index contributed by atoms with van der Waals surface area (Å²) in [5.74, 6) is -0.146. The molecule has 1 aromatic carbocycles. The summed E-state index contributed by atoms with van der Waals surface area (Å²) < 4.78 is 22.3. The van der Waals surface area contributed by atoms with Crippen molar-refractivity contribution in [3.05, 3.63) is 33.4 Å². The van der Waals surface area contributed by atoms with Gasteiger partial charge in [-0.2, -0.15) is 5.26 Å². The molecule has 0 aliphatic carbocycles. The van der Waals surface area contributed by atoms with E-state index < -0.39 is 30.1 Å². The quantitative estimate of drug-likeness (QED) is 0.368. The molecule has 9 heteroatoms. The van der Waals surface area contributed by atoms with Crippen LogP contribution in [0.3, 0.4) is 0 Å². The van der Waals surface area contributed by atoms with E-state index in [1.54, 1.807) is 6.07 Å². The summed E-state index contributed by atoms with van der Waals surface area (Å²) >= 11 is 5.50. The standard InChI is InChI=1S/C8H4Cl2N2O4S/c9-3-5-1-2-7(17(10,15)16)8(12(13)14)6(5)4-11/h1-2H,3H2. The van der Waals surface area contributed by atoms with E-state index in [0.29, 0.717) is 0 Å². The molecule has 0 heterocycles. The van der Waals surface area contributed by atoms with E-state index in [-0.39, 0.29) is 11.4 Å². The molecule has 1 aromatic rings. The van der Waals surface area contributed by atoms with Gasteiger partial charge in [-0.05, 0) is 11.6 Å². The highest BCUT2D eigenvalue weighted by Crippen LogP contribution is 2.32. The summed E-state index contributed by atoms with van der Waals surface area (Å²) in [5.41, 5.74) is -1.07. The fourth-order valence-corrected chi connectivity index (χ4v) is 2.46. The van der Waals surface area contributed by atoms with Crippen molar-refractivity contribution >= 4 is 37.0 Å². The van der Waals surface area contributed by atoms with Crippen LogP contribution in [-0.4, -0.2) is 13.3 Å². The van der Waals surface area contributed by atoms with E-state index in [2.05, 4.69) is 0 Å². The summed E-state index contributed by atoms with van der Waals surface area (Å²) in [5, 5.41) is 19.6. The van der Waals surface area contributed by atoms with E-state index in [9.17, 15) is 18.5 Å². The Kier molecular flexibility index (Phi) is 3.93. The van der Waals surface area contributed by atoms with E-state index in [1.165, 1.54) is 6.07 Å². The van der Waals surface area contributed by atoms with Crippen molar-refractivity contribution in [3.8, 4) is 6.07 Å². The molecule has 0 saturated heterocycles. The molecule has 0 aromatic heterocycles. The second kappa shape index (κ2) is 4.87. The van der Waals surface area contributed by atoms with E-state index in [0.717, 1.165) is 6.07 Å². The van der Waals surface area contributed by atoms with Crippen molar-refractivity contribution in [2.45, 2.75) is 10.8 Å². The summed E-state index contributed by atoms with van der Waals surface area (Å²) in [7, 11) is 0.758. The lowest BCUT2D eigenvalue weighted by Crippen LogP contribution is -2.03. The van der Waals surface area contributed by atoms with E-state index >= 15 is 0 Å². The van der Waals surface area contributed by atoms with Crippen LogP contribution >= 0.6 is 22.3 Å². The lowest BCUT2D eigenvalue weighted by Gasteiger charge is -2.04. The van der Waals surface area contributed by atoms with Crippen LogP contribution in [0.25, 0.3) is 0 Å². The fraction of sp³-hybridized carbons (Fsp3) is 0.125. The van der Waals surface area contributed by atoms with Crippen LogP contribution in [-0.2, 0) is 14.9 Å². The first kappa shape index (κ1) is 13.7. The number of alkyl halides is 1. The Balaban J connectivity index is 3.80. The zero-order valence-corrected chi connectivity index (χ0v) is 10.4. The Labute approximate surface area is 106 Å². The Morgan fingerprint density at radius 3 is 2.41 bits per heavy atom. The minimum absolute atomic E-state index is 0.146. The second-order valence-corrected chi connectivity index (χ2v) is 5.69. The fourth-order valence-electron chi connectivity index (χ4n) is 1.23. The summed E-state index contributed by atoms with van der Waals surface area (Å²) in [6, 6.07) is 3.73. The van der Waals surface area contributed by atoms with Crippen molar-refractivity contribution in [2.24, 2.45) is 0 Å². The molecule has 0 fully saturated rings. The largest absolute Gasteiger partial charge is 0.307 e. The highest BCUT2D eigenvalue weighted by Gasteiger charge is 2.29. The maximum absolute atomic E-state index is 11.1. The van der Waals surface area contributed by atoms with Gasteiger partial charge < -0.3 is 0 Å². The number of hydrogen-bond acceptors (Lipinski definition) is 5. The lowest BCUT2D eigenvalue weighted by molar-refractivity contribution is -0.388. The van der Waals surface area contributed by atoms with Crippen LogP contribution in [0, 0.1) is 21.4 Å². The number of nitro groups is 1. The van der Waals surface area contributed by atoms with Crippen molar-refractivity contribution < 1.29 is 13.3 Å². The third-order valence-corrected chi connectivity index (χ3v) is 3.57. The van der Waals surface area contributed by atoms with Gasteiger partial charge in [-0.25, -0.2) is 8.42 Å². The average Bonchev–Trinajstić information content (AvgIpc) is 2.25. The first-order valence-electron chi connectivity index (χ1n) is 4.04. The molecule has 1 rings (SSSR count). The van der Waals surface area contributed by atoms with Crippen LogP contribution in [0.5, 0.6) is 0 Å². The first-order valence-corrected chi connectivity index (χ1v) is 6.88. The predicted octanol–water partition coefficient (Wildman–Crippen LogP) is 2.13. The molecule has 0 aliphatic heterocycles. The van der Waals surface area contributed by atoms with Gasteiger partial charge in [0, 0.05) is 16.6 Å². The Morgan fingerprint density at radius 2 is 2.06 bits per heavy atom. The van der Waals surface area contributed by atoms with Crippen molar-refractivity contribution in [1.82, 2.24) is 0 Å². The molecule has 90 valence electrons. The maximum Gasteiger partial charge on any atom is 0.307 e. The van der Waals surface area contributed by atoms with Gasteiger partial charge in [0.2, 0.25) is 0 Å². The van der Waals surface area contributed by atoms with Gasteiger partial charge in [-0.1, -0.05) is 6.07 Å². The average molecular weight is 295 g/mol. The molecule has 0 bridgehead atoms. The molecule has 0 N–H and O–H groups in total. The zero-order chi connectivity index (χ0) is 13.2. The van der Waals surface area contributed by atoms with Crippen LogP contribution in [0.2, 0.25) is 0 Å². The number of nitriles is 1. The summed E-state index contributed by atoms with van der Waals surface area (Å²) in [4.78, 5) is 9.12. The van der Waals surface area contributed by atoms with Crippen LogP contribution < -0.4 is 0 Å². The third-order valence-electron chi connectivity index (χ3n) is 1.93. The maximum atomic E-state index is 11.1. The smallest absolute Gasteiger partial charge is 0.258 e. The van der Waals surface area contributed by atoms with Crippen molar-refractivity contribution in [3.63, 3.8) is 0 Å². The van der Waals surface area contributed by atoms with Crippen molar-refractivity contribution in [1.29, 1.82) is 5.26 Å². The highest BCUT2D eigenvalue weighted by atomic mass is 35.7. The Bertz CT molecular complexity index is 621. The molecule has 6 nitrogen and oxygen atoms in total. The molecule has 0 radical (unpaired) electrons. The minimum Gasteiger partial charge on any atom is -0.258 e. The van der Waals surface area contributed by atoms with E-state index in [1.807, 2.05) is 0 Å². The van der Waals surface area contributed by atoms with E-state index in [4.69, 9.17) is 27.5 Å². The topological polar surface area (TPSA) is 101 Å². The third kappa shape index (κ3) is 2.66. The lowest BCUT2D eigenvalue weighted by atomic mass is 10.1. The number of halogens is 2. The van der Waals surface area contributed by atoms with Crippen LogP contribution in [0.4, 0.5) is 5.69 Å². The van der Waals surface area contributed by atoms with Crippen molar-refractivity contribution in [2.75, 3.05) is 0 Å². The molecule has 0 amide bonds. The Hall–Kier alpha value is -1.36. The second-order valence-electron chi connectivity index (χ2n) is 2.89. The Morgan fingerprint density at radius 1 is 1.47 bits per heavy atom. The number of nitro benzene ring substituents is 1. The normalized spacial score (nSPS) is 10.9. The zero-order valence-electron chi connectivity index (χ0n) is 8.05. The van der Waals surface area contributed by atoms with Gasteiger partial charge in [0.15, 0.2) is 4.90 Å².